The second kappa shape index (κ2) is 7.52. The van der Waals surface area contributed by atoms with Crippen LogP contribution in [0.25, 0.3) is 21.8 Å². The summed E-state index contributed by atoms with van der Waals surface area (Å²) in [6.45, 7) is 1.88. The monoisotopic (exact) mass is 372 g/mol. The van der Waals surface area contributed by atoms with Gasteiger partial charge in [0.2, 0.25) is 0 Å². The normalized spacial score (nSPS) is 12.0. The molecule has 2 heterocycles. The number of fused-ring (bicyclic) bond motifs is 2. The first-order valence-electron chi connectivity index (χ1n) is 9.12. The molecule has 6 nitrogen and oxygen atoms in total. The number of hydrogen-bond acceptors (Lipinski definition) is 3. The van der Waals surface area contributed by atoms with Crippen molar-refractivity contribution in [1.29, 1.82) is 0 Å². The number of anilines is 1. The van der Waals surface area contributed by atoms with Gasteiger partial charge in [-0.2, -0.15) is 0 Å². The Balaban J connectivity index is 1.42. The van der Waals surface area contributed by atoms with Gasteiger partial charge in [-0.1, -0.05) is 24.3 Å². The Labute approximate surface area is 162 Å². The van der Waals surface area contributed by atoms with Crippen LogP contribution in [-0.4, -0.2) is 27.8 Å². The van der Waals surface area contributed by atoms with Crippen LogP contribution in [0.4, 0.5) is 5.69 Å². The molecule has 0 aliphatic carbocycles. The molecule has 2 aromatic carbocycles. The molecule has 4 aromatic rings. The summed E-state index contributed by atoms with van der Waals surface area (Å²) < 4.78 is 0. The number of hydrogen-bond donors (Lipinski definition) is 3. The number of carbonyl (C=O) groups is 2. The molecule has 140 valence electrons. The molecule has 2 amide bonds. The number of rotatable bonds is 4. The molecular weight excluding hydrogens is 352 g/mol. The van der Waals surface area contributed by atoms with E-state index in [0.29, 0.717) is 12.1 Å². The fourth-order valence-corrected chi connectivity index (χ4v) is 3.36. The zero-order valence-electron chi connectivity index (χ0n) is 15.4. The molecule has 0 radical (unpaired) electrons. The summed E-state index contributed by atoms with van der Waals surface area (Å²) in [6.07, 6.45) is 4.25. The lowest BCUT2D eigenvalue weighted by Crippen LogP contribution is -2.41. The maximum Gasteiger partial charge on any atom is 0.313 e. The van der Waals surface area contributed by atoms with Crippen LogP contribution in [0.5, 0.6) is 0 Å². The fourth-order valence-electron chi connectivity index (χ4n) is 3.36. The minimum absolute atomic E-state index is 0.188. The summed E-state index contributed by atoms with van der Waals surface area (Å²) >= 11 is 0. The lowest BCUT2D eigenvalue weighted by molar-refractivity contribution is -0.136. The van der Waals surface area contributed by atoms with Gasteiger partial charge in [-0.05, 0) is 49.2 Å². The molecule has 0 fully saturated rings. The quantitative estimate of drug-likeness (QED) is 0.480. The van der Waals surface area contributed by atoms with Crippen LogP contribution in [-0.2, 0) is 16.0 Å². The van der Waals surface area contributed by atoms with E-state index < -0.39 is 11.8 Å². The van der Waals surface area contributed by atoms with Crippen molar-refractivity contribution in [3.63, 3.8) is 0 Å². The average molecular weight is 372 g/mol. The first-order chi connectivity index (χ1) is 13.6. The predicted molar refractivity (Wildman–Crippen MR) is 110 cm³/mol. The van der Waals surface area contributed by atoms with Crippen molar-refractivity contribution in [3.8, 4) is 0 Å². The molecule has 0 aliphatic heterocycles. The largest absolute Gasteiger partial charge is 0.361 e. The number of nitrogens with zero attached hydrogens (tertiary/aromatic N) is 1. The molecule has 0 bridgehead atoms. The second-order valence-corrected chi connectivity index (χ2v) is 6.77. The number of aromatic amines is 1. The van der Waals surface area contributed by atoms with Gasteiger partial charge in [0, 0.05) is 34.7 Å². The van der Waals surface area contributed by atoms with E-state index in [1.165, 1.54) is 0 Å². The van der Waals surface area contributed by atoms with E-state index >= 15 is 0 Å². The van der Waals surface area contributed by atoms with E-state index in [4.69, 9.17) is 0 Å². The number of benzene rings is 2. The van der Waals surface area contributed by atoms with Gasteiger partial charge in [-0.15, -0.1) is 0 Å². The topological polar surface area (TPSA) is 86.9 Å². The van der Waals surface area contributed by atoms with Crippen LogP contribution in [0.2, 0.25) is 0 Å². The molecule has 3 N–H and O–H groups in total. The van der Waals surface area contributed by atoms with E-state index in [1.807, 2.05) is 49.5 Å². The first-order valence-corrected chi connectivity index (χ1v) is 9.12. The Bertz CT molecular complexity index is 1160. The van der Waals surface area contributed by atoms with Crippen molar-refractivity contribution in [2.24, 2.45) is 0 Å². The number of amides is 2. The van der Waals surface area contributed by atoms with Gasteiger partial charge in [0.15, 0.2) is 0 Å². The van der Waals surface area contributed by atoms with E-state index in [1.54, 1.807) is 24.4 Å². The Morgan fingerprint density at radius 3 is 2.71 bits per heavy atom. The summed E-state index contributed by atoms with van der Waals surface area (Å²) in [4.78, 5) is 32.2. The maximum atomic E-state index is 12.4. The number of aromatic nitrogens is 2. The molecule has 0 saturated heterocycles. The van der Waals surface area contributed by atoms with Gasteiger partial charge in [0.05, 0.1) is 11.2 Å². The van der Waals surface area contributed by atoms with E-state index in [2.05, 4.69) is 20.6 Å². The second-order valence-electron chi connectivity index (χ2n) is 6.77. The highest BCUT2D eigenvalue weighted by Gasteiger charge is 2.18. The molecule has 0 spiro atoms. The molecular formula is C22H20N4O2. The first kappa shape index (κ1) is 17.7. The molecule has 0 aliphatic rings. The van der Waals surface area contributed by atoms with Crippen LogP contribution in [0.1, 0.15) is 12.5 Å². The van der Waals surface area contributed by atoms with Crippen molar-refractivity contribution in [1.82, 2.24) is 15.3 Å². The van der Waals surface area contributed by atoms with Crippen molar-refractivity contribution in [2.45, 2.75) is 19.4 Å². The van der Waals surface area contributed by atoms with Crippen LogP contribution >= 0.6 is 0 Å². The van der Waals surface area contributed by atoms with Crippen LogP contribution in [0.15, 0.2) is 67.0 Å². The van der Waals surface area contributed by atoms with Gasteiger partial charge in [0.1, 0.15) is 0 Å². The number of pyridine rings is 1. The lowest BCUT2D eigenvalue weighted by atomic mass is 10.1. The lowest BCUT2D eigenvalue weighted by Gasteiger charge is -2.14. The number of H-pyrrole nitrogens is 1. The van der Waals surface area contributed by atoms with E-state index in [-0.39, 0.29) is 6.04 Å². The number of nitrogens with one attached hydrogen (secondary N) is 3. The third-order valence-electron chi connectivity index (χ3n) is 4.68. The van der Waals surface area contributed by atoms with Gasteiger partial charge in [0.25, 0.3) is 0 Å². The molecule has 4 rings (SSSR count). The minimum atomic E-state index is -0.692. The Morgan fingerprint density at radius 2 is 1.82 bits per heavy atom. The Hall–Kier alpha value is -3.67. The molecule has 6 heteroatoms. The summed E-state index contributed by atoms with van der Waals surface area (Å²) in [5, 5.41) is 7.36. The summed E-state index contributed by atoms with van der Waals surface area (Å²) in [7, 11) is 0. The average Bonchev–Trinajstić information content (AvgIpc) is 3.11. The summed E-state index contributed by atoms with van der Waals surface area (Å²) in [5.74, 6) is -1.35. The molecule has 0 unspecified atom stereocenters. The Morgan fingerprint density at radius 1 is 1.00 bits per heavy atom. The van der Waals surface area contributed by atoms with Crippen molar-refractivity contribution >= 4 is 39.3 Å². The van der Waals surface area contributed by atoms with Gasteiger partial charge in [-0.3, -0.25) is 14.6 Å². The van der Waals surface area contributed by atoms with Crippen molar-refractivity contribution < 1.29 is 9.59 Å². The highest BCUT2D eigenvalue weighted by atomic mass is 16.2. The van der Waals surface area contributed by atoms with Gasteiger partial charge < -0.3 is 15.6 Å². The van der Waals surface area contributed by atoms with Crippen LogP contribution < -0.4 is 10.6 Å². The van der Waals surface area contributed by atoms with Crippen molar-refractivity contribution in [3.05, 3.63) is 72.6 Å². The standard InChI is InChI=1S/C22H20N4O2/c1-14(12-15-13-24-18-8-3-2-6-16(15)18)25-21(27)22(28)26-20-10-4-9-19-17(20)7-5-11-23-19/h2-11,13-14,24H,12H2,1H3,(H,25,27)(H,26,28)/t14-/m1/s1. The summed E-state index contributed by atoms with van der Waals surface area (Å²) in [5.41, 5.74) is 3.48. The molecule has 2 aromatic heterocycles. The van der Waals surface area contributed by atoms with E-state index in [9.17, 15) is 9.59 Å². The maximum absolute atomic E-state index is 12.4. The minimum Gasteiger partial charge on any atom is -0.361 e. The zero-order chi connectivity index (χ0) is 19.5. The molecule has 0 saturated carbocycles. The highest BCUT2D eigenvalue weighted by molar-refractivity contribution is 6.40. The Kier molecular flexibility index (Phi) is 4.76. The van der Waals surface area contributed by atoms with Crippen LogP contribution in [0, 0.1) is 0 Å². The third-order valence-corrected chi connectivity index (χ3v) is 4.68. The van der Waals surface area contributed by atoms with Crippen molar-refractivity contribution in [2.75, 3.05) is 5.32 Å². The SMILES string of the molecule is C[C@H](Cc1c[nH]c2ccccc12)NC(=O)C(=O)Nc1cccc2ncccc12. The highest BCUT2D eigenvalue weighted by Crippen LogP contribution is 2.21. The van der Waals surface area contributed by atoms with Crippen LogP contribution in [0.3, 0.4) is 0 Å². The van der Waals surface area contributed by atoms with Gasteiger partial charge >= 0.3 is 11.8 Å². The summed E-state index contributed by atoms with van der Waals surface area (Å²) in [6, 6.07) is 16.9. The molecule has 1 atom stereocenters. The van der Waals surface area contributed by atoms with E-state index in [0.717, 1.165) is 27.4 Å². The molecule has 28 heavy (non-hydrogen) atoms. The van der Waals surface area contributed by atoms with Gasteiger partial charge in [-0.25, -0.2) is 0 Å². The smallest absolute Gasteiger partial charge is 0.313 e. The predicted octanol–water partition coefficient (Wildman–Crippen LogP) is 3.40. The third kappa shape index (κ3) is 3.57. The number of para-hydroxylation sites is 1. The zero-order valence-corrected chi connectivity index (χ0v) is 15.4. The fraction of sp³-hybridized carbons (Fsp3) is 0.136. The number of carbonyl (C=O) groups excluding carboxylic acids is 2.